The second-order valence-electron chi connectivity index (χ2n) is 3.90. The molecule has 1 aromatic carbocycles. The van der Waals surface area contributed by atoms with Crippen molar-refractivity contribution in [1.29, 1.82) is 0 Å². The van der Waals surface area contributed by atoms with E-state index in [2.05, 4.69) is 15.5 Å². The number of nitrogens with one attached hydrogen (secondary N) is 3. The molecule has 0 spiro atoms. The maximum atomic E-state index is 12.1. The first-order valence-corrected chi connectivity index (χ1v) is 7.25. The molecule has 0 heterocycles. The third kappa shape index (κ3) is 4.37. The first-order valence-electron chi connectivity index (χ1n) is 5.77. The predicted octanol–water partition coefficient (Wildman–Crippen LogP) is -0.705. The minimum Gasteiger partial charge on any atom is -0.359 e. The Kier molecular flexibility index (Phi) is 5.58. The first-order chi connectivity index (χ1) is 9.81. The van der Waals surface area contributed by atoms with Gasteiger partial charge in [-0.25, -0.2) is 13.1 Å². The fourth-order valence-corrected chi connectivity index (χ4v) is 2.70. The molecular weight excluding hydrogens is 302 g/mol. The number of hydrazine groups is 1. The Morgan fingerprint density at radius 3 is 2.62 bits per heavy atom. The quantitative estimate of drug-likeness (QED) is 0.294. The number of nitrogen functional groups attached to an aromatic ring is 1. The molecule has 21 heavy (non-hydrogen) atoms. The van der Waals surface area contributed by atoms with E-state index in [0.717, 1.165) is 12.1 Å². The Bertz CT molecular complexity index is 645. The van der Waals surface area contributed by atoms with Crippen molar-refractivity contribution in [3.63, 3.8) is 0 Å². The van der Waals surface area contributed by atoms with Crippen LogP contribution in [0.15, 0.2) is 23.1 Å². The average molecular weight is 317 g/mol. The maximum absolute atomic E-state index is 12.1. The Morgan fingerprint density at radius 2 is 2.10 bits per heavy atom. The van der Waals surface area contributed by atoms with Gasteiger partial charge in [-0.2, -0.15) is 0 Å². The number of nitro groups is 1. The van der Waals surface area contributed by atoms with Crippen molar-refractivity contribution in [3.8, 4) is 0 Å². The number of sulfonamides is 1. The predicted molar refractivity (Wildman–Crippen MR) is 74.8 cm³/mol. The average Bonchev–Trinajstić information content (AvgIpc) is 2.45. The van der Waals surface area contributed by atoms with E-state index >= 15 is 0 Å². The lowest BCUT2D eigenvalue weighted by Crippen LogP contribution is -2.29. The second-order valence-corrected chi connectivity index (χ2v) is 5.64. The highest BCUT2D eigenvalue weighted by molar-refractivity contribution is 7.89. The summed E-state index contributed by atoms with van der Waals surface area (Å²) in [7, 11) is -2.72. The van der Waals surface area contributed by atoms with Gasteiger partial charge in [0.25, 0.3) is 5.69 Å². The molecule has 1 amide bonds. The number of nitrogens with zero attached hydrogens (tertiary/aromatic N) is 1. The minimum atomic E-state index is -4.14. The van der Waals surface area contributed by atoms with Gasteiger partial charge in [0.05, 0.1) is 10.6 Å². The summed E-state index contributed by atoms with van der Waals surface area (Å²) in [5.41, 5.74) is 1.83. The van der Waals surface area contributed by atoms with Crippen LogP contribution in [0.25, 0.3) is 0 Å². The topological polar surface area (TPSA) is 156 Å². The van der Waals surface area contributed by atoms with Gasteiger partial charge in [0.15, 0.2) is 4.90 Å². The van der Waals surface area contributed by atoms with Gasteiger partial charge in [-0.3, -0.25) is 20.8 Å². The zero-order valence-corrected chi connectivity index (χ0v) is 11.9. The zero-order valence-electron chi connectivity index (χ0n) is 11.1. The molecule has 1 aromatic rings. The third-order valence-electron chi connectivity index (χ3n) is 2.54. The summed E-state index contributed by atoms with van der Waals surface area (Å²) >= 11 is 0. The Balaban J connectivity index is 3.05. The number of hydrogen-bond donors (Lipinski definition) is 4. The number of nitrogens with two attached hydrogens (primary N) is 1. The van der Waals surface area contributed by atoms with E-state index in [9.17, 15) is 23.3 Å². The van der Waals surface area contributed by atoms with Gasteiger partial charge in [-0.05, 0) is 12.1 Å². The summed E-state index contributed by atoms with van der Waals surface area (Å²) in [6.45, 7) is -0.181. The number of hydrogen-bond acceptors (Lipinski definition) is 7. The van der Waals surface area contributed by atoms with Crippen LogP contribution in [0.5, 0.6) is 0 Å². The van der Waals surface area contributed by atoms with Crippen molar-refractivity contribution in [2.24, 2.45) is 5.84 Å². The summed E-state index contributed by atoms with van der Waals surface area (Å²) in [4.78, 5) is 20.6. The normalized spacial score (nSPS) is 11.0. The molecule has 5 N–H and O–H groups in total. The molecule has 0 saturated heterocycles. The van der Waals surface area contributed by atoms with Crippen LogP contribution >= 0.6 is 0 Å². The van der Waals surface area contributed by atoms with Crippen molar-refractivity contribution in [2.45, 2.75) is 11.3 Å². The summed E-state index contributed by atoms with van der Waals surface area (Å²) in [6.07, 6.45) is -0.0850. The van der Waals surface area contributed by atoms with Crippen molar-refractivity contribution in [3.05, 3.63) is 28.3 Å². The maximum Gasteiger partial charge on any atom is 0.289 e. The van der Waals surface area contributed by atoms with Crippen LogP contribution in [0.3, 0.4) is 0 Å². The SMILES string of the molecule is CNC(=O)CCNS(=O)(=O)c1cc(NN)ccc1[N+](=O)[O-]. The molecule has 10 nitrogen and oxygen atoms in total. The van der Waals surface area contributed by atoms with E-state index in [-0.39, 0.29) is 24.6 Å². The van der Waals surface area contributed by atoms with Crippen LogP contribution in [0.1, 0.15) is 6.42 Å². The van der Waals surface area contributed by atoms with Gasteiger partial charge in [-0.15, -0.1) is 0 Å². The number of carbonyl (C=O) groups is 1. The lowest BCUT2D eigenvalue weighted by atomic mass is 10.3. The molecule has 0 atom stereocenters. The fraction of sp³-hybridized carbons (Fsp3) is 0.300. The number of anilines is 1. The summed E-state index contributed by atoms with van der Waals surface area (Å²) < 4.78 is 26.3. The third-order valence-corrected chi connectivity index (χ3v) is 4.03. The molecular formula is C10H15N5O5S. The van der Waals surface area contributed by atoms with Gasteiger partial charge in [0.1, 0.15) is 0 Å². The molecule has 11 heteroatoms. The molecule has 0 aliphatic rings. The van der Waals surface area contributed by atoms with Gasteiger partial charge in [0, 0.05) is 26.1 Å². The number of benzene rings is 1. The lowest BCUT2D eigenvalue weighted by Gasteiger charge is -2.08. The van der Waals surface area contributed by atoms with Crippen LogP contribution in [-0.2, 0) is 14.8 Å². The molecule has 0 fully saturated rings. The molecule has 0 aliphatic heterocycles. The van der Waals surface area contributed by atoms with E-state index in [1.807, 2.05) is 0 Å². The van der Waals surface area contributed by atoms with Crippen LogP contribution in [0.4, 0.5) is 11.4 Å². The van der Waals surface area contributed by atoms with Gasteiger partial charge >= 0.3 is 0 Å². The van der Waals surface area contributed by atoms with Crippen molar-refractivity contribution >= 4 is 27.3 Å². The van der Waals surface area contributed by atoms with Crippen LogP contribution in [0.2, 0.25) is 0 Å². The summed E-state index contributed by atoms with van der Waals surface area (Å²) in [6, 6.07) is 3.35. The smallest absolute Gasteiger partial charge is 0.289 e. The van der Waals surface area contributed by atoms with Crippen molar-refractivity contribution < 1.29 is 18.1 Å². The van der Waals surface area contributed by atoms with E-state index < -0.39 is 25.5 Å². The minimum absolute atomic E-state index is 0.0850. The fourth-order valence-electron chi connectivity index (χ4n) is 1.47. The second kappa shape index (κ2) is 6.97. The monoisotopic (exact) mass is 317 g/mol. The standard InChI is InChI=1S/C10H15N5O5S/c1-12-10(16)4-5-13-21(19,20)9-6-7(14-11)2-3-8(9)15(17)18/h2-3,6,13-14H,4-5,11H2,1H3,(H,12,16). The van der Waals surface area contributed by atoms with Crippen LogP contribution in [0, 0.1) is 10.1 Å². The van der Waals surface area contributed by atoms with Crippen molar-refractivity contribution in [1.82, 2.24) is 10.0 Å². The Labute approximate surface area is 120 Å². The van der Waals surface area contributed by atoms with Crippen molar-refractivity contribution in [2.75, 3.05) is 19.0 Å². The summed E-state index contributed by atoms with van der Waals surface area (Å²) in [5, 5.41) is 13.2. The lowest BCUT2D eigenvalue weighted by molar-refractivity contribution is -0.387. The van der Waals surface area contributed by atoms with E-state index in [0.29, 0.717) is 0 Å². The van der Waals surface area contributed by atoms with Crippen LogP contribution < -0.4 is 21.3 Å². The molecule has 0 unspecified atom stereocenters. The number of rotatable bonds is 7. The van der Waals surface area contributed by atoms with E-state index in [1.54, 1.807) is 0 Å². The highest BCUT2D eigenvalue weighted by Crippen LogP contribution is 2.26. The van der Waals surface area contributed by atoms with Gasteiger partial charge in [-0.1, -0.05) is 0 Å². The van der Waals surface area contributed by atoms with E-state index in [4.69, 9.17) is 5.84 Å². The molecule has 0 bridgehead atoms. The Morgan fingerprint density at radius 1 is 1.43 bits per heavy atom. The molecule has 0 radical (unpaired) electrons. The summed E-state index contributed by atoms with van der Waals surface area (Å²) in [5.74, 6) is 4.80. The largest absolute Gasteiger partial charge is 0.359 e. The molecule has 116 valence electrons. The van der Waals surface area contributed by atoms with Crippen LogP contribution in [-0.4, -0.2) is 32.8 Å². The zero-order chi connectivity index (χ0) is 16.0. The number of carbonyl (C=O) groups excluding carboxylic acids is 1. The molecule has 1 rings (SSSR count). The number of nitro benzene ring substituents is 1. The van der Waals surface area contributed by atoms with Gasteiger partial charge in [0.2, 0.25) is 15.9 Å². The van der Waals surface area contributed by atoms with Gasteiger partial charge < -0.3 is 10.7 Å². The number of amides is 1. The Hall–Kier alpha value is -2.24. The van der Waals surface area contributed by atoms with E-state index in [1.165, 1.54) is 13.1 Å². The molecule has 0 aliphatic carbocycles. The molecule has 0 aromatic heterocycles. The first kappa shape index (κ1) is 16.8. The highest BCUT2D eigenvalue weighted by Gasteiger charge is 2.26. The highest BCUT2D eigenvalue weighted by atomic mass is 32.2. The molecule has 0 saturated carbocycles.